The summed E-state index contributed by atoms with van der Waals surface area (Å²) in [5, 5.41) is 16.2. The zero-order chi connectivity index (χ0) is 16.5. The fourth-order valence-electron chi connectivity index (χ4n) is 3.56. The molecule has 0 spiro atoms. The van der Waals surface area contributed by atoms with Crippen LogP contribution < -0.4 is 10.6 Å². The van der Waals surface area contributed by atoms with Crippen molar-refractivity contribution in [2.45, 2.75) is 32.6 Å². The molecule has 2 saturated heterocycles. The molecule has 0 amide bonds. The van der Waals surface area contributed by atoms with Gasteiger partial charge in [-0.25, -0.2) is 0 Å². The highest BCUT2D eigenvalue weighted by atomic mass is 127. The molecule has 2 atom stereocenters. The van der Waals surface area contributed by atoms with E-state index in [0.717, 1.165) is 45.0 Å². The van der Waals surface area contributed by atoms with Crippen LogP contribution in [0, 0.1) is 11.3 Å². The average molecular weight is 454 g/mol. The lowest BCUT2D eigenvalue weighted by Crippen LogP contribution is -2.44. The van der Waals surface area contributed by atoms with Gasteiger partial charge in [0.05, 0.1) is 13.2 Å². The second kappa shape index (κ2) is 11.5. The number of likely N-dealkylation sites (tertiary alicyclic amines) is 1. The predicted molar refractivity (Wildman–Crippen MR) is 109 cm³/mol. The number of halogens is 1. The van der Waals surface area contributed by atoms with Gasteiger partial charge in [0.1, 0.15) is 0 Å². The Balaban J connectivity index is 0.00000288. The van der Waals surface area contributed by atoms with E-state index in [1.54, 1.807) is 0 Å². The third kappa shape index (κ3) is 7.01. The normalized spacial score (nSPS) is 28.5. The van der Waals surface area contributed by atoms with Gasteiger partial charge in [0, 0.05) is 38.3 Å². The highest BCUT2D eigenvalue weighted by Gasteiger charge is 2.34. The van der Waals surface area contributed by atoms with Gasteiger partial charge in [-0.3, -0.25) is 4.99 Å². The van der Waals surface area contributed by atoms with E-state index in [2.05, 4.69) is 29.5 Å². The maximum Gasteiger partial charge on any atom is 0.191 e. The third-order valence-corrected chi connectivity index (χ3v) is 5.02. The van der Waals surface area contributed by atoms with Crippen molar-refractivity contribution in [3.63, 3.8) is 0 Å². The molecule has 3 N–H and O–H groups in total. The fourth-order valence-corrected chi connectivity index (χ4v) is 3.56. The van der Waals surface area contributed by atoms with E-state index in [9.17, 15) is 5.11 Å². The molecule has 24 heavy (non-hydrogen) atoms. The van der Waals surface area contributed by atoms with Crippen molar-refractivity contribution in [1.29, 1.82) is 0 Å². The average Bonchev–Trinajstić information content (AvgIpc) is 2.99. The number of nitrogens with one attached hydrogen (secondary N) is 2. The Hall–Kier alpha value is -0.120. The summed E-state index contributed by atoms with van der Waals surface area (Å²) in [7, 11) is 2.20. The molecule has 0 radical (unpaired) electrons. The first kappa shape index (κ1) is 21.9. The summed E-state index contributed by atoms with van der Waals surface area (Å²) in [5.74, 6) is 1.59. The molecular weight excluding hydrogens is 419 g/mol. The van der Waals surface area contributed by atoms with Gasteiger partial charge >= 0.3 is 0 Å². The lowest BCUT2D eigenvalue weighted by molar-refractivity contribution is 0.131. The van der Waals surface area contributed by atoms with Crippen LogP contribution in [0.1, 0.15) is 32.6 Å². The highest BCUT2D eigenvalue weighted by molar-refractivity contribution is 14.0. The van der Waals surface area contributed by atoms with Gasteiger partial charge < -0.3 is 25.4 Å². The zero-order valence-electron chi connectivity index (χ0n) is 15.2. The number of nitrogens with zero attached hydrogens (tertiary/aromatic N) is 2. The molecule has 7 heteroatoms. The van der Waals surface area contributed by atoms with E-state index in [4.69, 9.17) is 9.73 Å². The van der Waals surface area contributed by atoms with Crippen LogP contribution in [0.4, 0.5) is 0 Å². The summed E-state index contributed by atoms with van der Waals surface area (Å²) in [4.78, 5) is 7.19. The summed E-state index contributed by atoms with van der Waals surface area (Å²) in [6.45, 7) is 8.72. The van der Waals surface area contributed by atoms with Gasteiger partial charge in [-0.1, -0.05) is 0 Å². The molecule has 2 rings (SSSR count). The topological polar surface area (TPSA) is 69.1 Å². The Bertz CT molecular complexity index is 376. The number of piperidine rings is 1. The Morgan fingerprint density at radius 3 is 2.88 bits per heavy atom. The van der Waals surface area contributed by atoms with Gasteiger partial charge in [-0.05, 0) is 52.1 Å². The lowest BCUT2D eigenvalue weighted by Gasteiger charge is -2.30. The SMILES string of the molecule is CCNC(=NCC1(CCO)CCOC1)NCC1CCCN(C)C1.I. The van der Waals surface area contributed by atoms with Crippen LogP contribution in [0.15, 0.2) is 4.99 Å². The van der Waals surface area contributed by atoms with Crippen molar-refractivity contribution in [2.75, 3.05) is 59.6 Å². The maximum atomic E-state index is 9.32. The predicted octanol–water partition coefficient (Wildman–Crippen LogP) is 1.29. The molecule has 0 bridgehead atoms. The molecule has 2 aliphatic rings. The van der Waals surface area contributed by atoms with Crippen molar-refractivity contribution >= 4 is 29.9 Å². The number of guanidine groups is 1. The number of ether oxygens (including phenoxy) is 1. The second-order valence-electron chi connectivity index (χ2n) is 7.12. The number of hydrogen-bond donors (Lipinski definition) is 3. The summed E-state index contributed by atoms with van der Waals surface area (Å²) in [5.41, 5.74) is 0.0160. The lowest BCUT2D eigenvalue weighted by atomic mass is 9.84. The Labute approximate surface area is 163 Å². The van der Waals surface area contributed by atoms with E-state index in [1.165, 1.54) is 19.4 Å². The molecule has 6 nitrogen and oxygen atoms in total. The minimum absolute atomic E-state index is 0. The molecule has 2 aliphatic heterocycles. The van der Waals surface area contributed by atoms with Crippen molar-refractivity contribution in [3.8, 4) is 0 Å². The van der Waals surface area contributed by atoms with E-state index in [0.29, 0.717) is 19.1 Å². The van der Waals surface area contributed by atoms with Crippen LogP contribution in [0.5, 0.6) is 0 Å². The van der Waals surface area contributed by atoms with Crippen LogP contribution >= 0.6 is 24.0 Å². The van der Waals surface area contributed by atoms with Crippen molar-refractivity contribution in [2.24, 2.45) is 16.3 Å². The van der Waals surface area contributed by atoms with Crippen molar-refractivity contribution in [1.82, 2.24) is 15.5 Å². The third-order valence-electron chi connectivity index (χ3n) is 5.02. The van der Waals surface area contributed by atoms with E-state index in [1.807, 2.05) is 0 Å². The molecule has 0 aliphatic carbocycles. The van der Waals surface area contributed by atoms with Crippen molar-refractivity contribution in [3.05, 3.63) is 0 Å². The Morgan fingerprint density at radius 1 is 1.42 bits per heavy atom. The van der Waals surface area contributed by atoms with Gasteiger partial charge in [0.15, 0.2) is 5.96 Å². The smallest absolute Gasteiger partial charge is 0.191 e. The number of aliphatic hydroxyl groups is 1. The molecule has 0 saturated carbocycles. The zero-order valence-corrected chi connectivity index (χ0v) is 17.6. The van der Waals surface area contributed by atoms with Crippen LogP contribution in [-0.2, 0) is 4.74 Å². The van der Waals surface area contributed by atoms with E-state index < -0.39 is 0 Å². The first-order valence-corrected chi connectivity index (χ1v) is 9.07. The number of hydrogen-bond acceptors (Lipinski definition) is 4. The fraction of sp³-hybridized carbons (Fsp3) is 0.941. The van der Waals surface area contributed by atoms with Gasteiger partial charge in [-0.2, -0.15) is 0 Å². The van der Waals surface area contributed by atoms with Crippen LogP contribution in [0.2, 0.25) is 0 Å². The first-order chi connectivity index (χ1) is 11.2. The minimum Gasteiger partial charge on any atom is -0.396 e. The molecule has 142 valence electrons. The van der Waals surface area contributed by atoms with Gasteiger partial charge in [0.2, 0.25) is 0 Å². The maximum absolute atomic E-state index is 9.32. The molecule has 2 fully saturated rings. The largest absolute Gasteiger partial charge is 0.396 e. The van der Waals surface area contributed by atoms with Gasteiger partial charge in [0.25, 0.3) is 0 Å². The van der Waals surface area contributed by atoms with Crippen LogP contribution in [0.25, 0.3) is 0 Å². The highest BCUT2D eigenvalue weighted by Crippen LogP contribution is 2.32. The van der Waals surface area contributed by atoms with E-state index in [-0.39, 0.29) is 36.0 Å². The molecular formula is C17H35IN4O2. The summed E-state index contributed by atoms with van der Waals surface area (Å²) < 4.78 is 5.55. The number of rotatable bonds is 7. The Kier molecular flexibility index (Phi) is 10.5. The van der Waals surface area contributed by atoms with Gasteiger partial charge in [-0.15, -0.1) is 24.0 Å². The monoisotopic (exact) mass is 454 g/mol. The minimum atomic E-state index is 0. The molecule has 0 aromatic rings. The first-order valence-electron chi connectivity index (χ1n) is 9.07. The van der Waals surface area contributed by atoms with Crippen molar-refractivity contribution < 1.29 is 9.84 Å². The summed E-state index contributed by atoms with van der Waals surface area (Å²) in [6.07, 6.45) is 4.33. The standard InChI is InChI=1S/C17H34N4O2.HI/c1-3-18-16(19-11-15-5-4-8-21(2)12-15)20-13-17(6-9-22)7-10-23-14-17;/h15,22H,3-14H2,1-2H3,(H2,18,19,20);1H. The quantitative estimate of drug-likeness (QED) is 0.307. The number of aliphatic hydroxyl groups excluding tert-OH is 1. The molecule has 2 heterocycles. The van der Waals surface area contributed by atoms with Crippen LogP contribution in [0.3, 0.4) is 0 Å². The number of aliphatic imine (C=N–C) groups is 1. The van der Waals surface area contributed by atoms with Crippen LogP contribution in [-0.4, -0.2) is 75.6 Å². The summed E-state index contributed by atoms with van der Waals surface area (Å²) in [6, 6.07) is 0. The molecule has 0 aromatic carbocycles. The molecule has 0 aromatic heterocycles. The Morgan fingerprint density at radius 2 is 2.25 bits per heavy atom. The van der Waals surface area contributed by atoms with E-state index >= 15 is 0 Å². The summed E-state index contributed by atoms with van der Waals surface area (Å²) >= 11 is 0. The second-order valence-corrected chi connectivity index (χ2v) is 7.12. The molecule has 2 unspecified atom stereocenters.